The third-order valence-corrected chi connectivity index (χ3v) is 5.27. The van der Waals surface area contributed by atoms with Crippen LogP contribution in [0.5, 0.6) is 11.5 Å². The Hall–Kier alpha value is -1.99. The van der Waals surface area contributed by atoms with E-state index in [4.69, 9.17) is 21.1 Å². The first-order chi connectivity index (χ1) is 13.7. The van der Waals surface area contributed by atoms with E-state index in [9.17, 15) is 17.6 Å². The molecule has 1 saturated heterocycles. The van der Waals surface area contributed by atoms with Crippen molar-refractivity contribution in [2.75, 3.05) is 26.2 Å². The molecule has 1 aliphatic heterocycles. The van der Waals surface area contributed by atoms with Gasteiger partial charge in [0.2, 0.25) is 0 Å². The fourth-order valence-corrected chi connectivity index (χ4v) is 3.45. The van der Waals surface area contributed by atoms with Gasteiger partial charge in [0, 0.05) is 24.7 Å². The van der Waals surface area contributed by atoms with Crippen molar-refractivity contribution in [3.63, 3.8) is 0 Å². The quantitative estimate of drug-likeness (QED) is 0.539. The standard InChI is InChI=1S/C21H22ClF4NO2/c1-20(29-16-7-5-15(22)6-8-16)9-11-27(12-10-20)13-14-28-18-4-2-3-17(23)19(18)21(24,25)26/h2-8H,9-14H2,1H3. The average Bonchev–Trinajstić information content (AvgIpc) is 2.64. The number of alkyl halides is 3. The minimum absolute atomic E-state index is 0.0429. The monoisotopic (exact) mass is 431 g/mol. The summed E-state index contributed by atoms with van der Waals surface area (Å²) in [6.45, 7) is 3.98. The molecule has 2 aromatic rings. The molecule has 0 N–H and O–H groups in total. The van der Waals surface area contributed by atoms with Crippen LogP contribution in [0.2, 0.25) is 5.02 Å². The number of rotatable bonds is 6. The van der Waals surface area contributed by atoms with Crippen molar-refractivity contribution >= 4 is 11.6 Å². The van der Waals surface area contributed by atoms with E-state index in [0.29, 0.717) is 11.6 Å². The molecule has 0 aromatic heterocycles. The third kappa shape index (κ3) is 5.76. The summed E-state index contributed by atoms with van der Waals surface area (Å²) in [6, 6.07) is 10.3. The number of benzene rings is 2. The Morgan fingerprint density at radius 2 is 1.72 bits per heavy atom. The summed E-state index contributed by atoms with van der Waals surface area (Å²) in [5.74, 6) is -1.06. The van der Waals surface area contributed by atoms with E-state index < -0.39 is 23.3 Å². The SMILES string of the molecule is CC1(Oc2ccc(Cl)cc2)CCN(CCOc2cccc(F)c2C(F)(F)F)CC1. The molecule has 0 saturated carbocycles. The molecule has 3 nitrogen and oxygen atoms in total. The van der Waals surface area contributed by atoms with Crippen molar-refractivity contribution < 1.29 is 27.0 Å². The first-order valence-corrected chi connectivity index (χ1v) is 9.70. The minimum atomic E-state index is -4.80. The van der Waals surface area contributed by atoms with Crippen molar-refractivity contribution in [1.29, 1.82) is 0 Å². The second kappa shape index (κ2) is 8.79. The number of nitrogens with zero attached hydrogens (tertiary/aromatic N) is 1. The summed E-state index contributed by atoms with van der Waals surface area (Å²) < 4.78 is 64.0. The largest absolute Gasteiger partial charge is 0.492 e. The Morgan fingerprint density at radius 3 is 2.34 bits per heavy atom. The molecule has 2 aromatic carbocycles. The van der Waals surface area contributed by atoms with Crippen molar-refractivity contribution in [1.82, 2.24) is 4.90 Å². The van der Waals surface area contributed by atoms with Gasteiger partial charge in [-0.25, -0.2) is 4.39 Å². The molecule has 0 aliphatic carbocycles. The fourth-order valence-electron chi connectivity index (χ4n) is 3.32. The highest BCUT2D eigenvalue weighted by molar-refractivity contribution is 6.30. The lowest BCUT2D eigenvalue weighted by Crippen LogP contribution is -2.47. The van der Waals surface area contributed by atoms with Crippen molar-refractivity contribution in [2.45, 2.75) is 31.5 Å². The Kier molecular flexibility index (Phi) is 6.58. The molecule has 0 atom stereocenters. The van der Waals surface area contributed by atoms with Crippen LogP contribution in [-0.4, -0.2) is 36.7 Å². The maximum absolute atomic E-state index is 13.6. The van der Waals surface area contributed by atoms with Gasteiger partial charge < -0.3 is 9.47 Å². The number of halogens is 5. The molecule has 0 unspecified atom stereocenters. The van der Waals surface area contributed by atoms with Gasteiger partial charge in [-0.1, -0.05) is 17.7 Å². The first-order valence-electron chi connectivity index (χ1n) is 9.32. The molecule has 0 spiro atoms. The van der Waals surface area contributed by atoms with Gasteiger partial charge in [-0.15, -0.1) is 0 Å². The van der Waals surface area contributed by atoms with E-state index >= 15 is 0 Å². The highest BCUT2D eigenvalue weighted by atomic mass is 35.5. The molecule has 8 heteroatoms. The summed E-state index contributed by atoms with van der Waals surface area (Å²) in [5, 5.41) is 0.643. The number of hydrogen-bond acceptors (Lipinski definition) is 3. The Bertz CT molecular complexity index is 818. The summed E-state index contributed by atoms with van der Waals surface area (Å²) >= 11 is 5.89. The zero-order chi connectivity index (χ0) is 21.1. The van der Waals surface area contributed by atoms with Gasteiger partial charge in [0.15, 0.2) is 0 Å². The van der Waals surface area contributed by atoms with Crippen LogP contribution in [0.1, 0.15) is 25.3 Å². The highest BCUT2D eigenvalue weighted by Gasteiger charge is 2.38. The van der Waals surface area contributed by atoms with E-state index in [-0.39, 0.29) is 12.2 Å². The molecule has 0 bridgehead atoms. The van der Waals surface area contributed by atoms with Crippen LogP contribution in [-0.2, 0) is 6.18 Å². The summed E-state index contributed by atoms with van der Waals surface area (Å²) in [4.78, 5) is 2.10. The lowest BCUT2D eigenvalue weighted by molar-refractivity contribution is -0.141. The first kappa shape index (κ1) is 21.7. The Morgan fingerprint density at radius 1 is 1.07 bits per heavy atom. The van der Waals surface area contributed by atoms with Crippen LogP contribution in [0.15, 0.2) is 42.5 Å². The maximum Gasteiger partial charge on any atom is 0.422 e. The number of ether oxygens (including phenoxy) is 2. The molecule has 1 aliphatic rings. The van der Waals surface area contributed by atoms with E-state index in [1.807, 2.05) is 19.1 Å². The lowest BCUT2D eigenvalue weighted by atomic mass is 9.93. The predicted octanol–water partition coefficient (Wildman–Crippen LogP) is 5.81. The zero-order valence-electron chi connectivity index (χ0n) is 15.9. The summed E-state index contributed by atoms with van der Waals surface area (Å²) in [6.07, 6.45) is -3.26. The van der Waals surface area contributed by atoms with Crippen LogP contribution < -0.4 is 9.47 Å². The summed E-state index contributed by atoms with van der Waals surface area (Å²) in [7, 11) is 0. The topological polar surface area (TPSA) is 21.7 Å². The van der Waals surface area contributed by atoms with Gasteiger partial charge in [-0.3, -0.25) is 4.90 Å². The average molecular weight is 432 g/mol. The minimum Gasteiger partial charge on any atom is -0.492 e. The van der Waals surface area contributed by atoms with Gasteiger partial charge in [0.1, 0.15) is 35.1 Å². The molecular formula is C21H22ClF4NO2. The highest BCUT2D eigenvalue weighted by Crippen LogP contribution is 2.38. The van der Waals surface area contributed by atoms with E-state index in [2.05, 4.69) is 4.90 Å². The van der Waals surface area contributed by atoms with Crippen LogP contribution in [0.4, 0.5) is 17.6 Å². The molecule has 158 valence electrons. The lowest BCUT2D eigenvalue weighted by Gasteiger charge is -2.39. The van der Waals surface area contributed by atoms with Gasteiger partial charge in [-0.05, 0) is 56.2 Å². The summed E-state index contributed by atoms with van der Waals surface area (Å²) in [5.41, 5.74) is -1.68. The number of hydrogen-bond donors (Lipinski definition) is 0. The fraction of sp³-hybridized carbons (Fsp3) is 0.429. The normalized spacial score (nSPS) is 17.2. The van der Waals surface area contributed by atoms with Crippen LogP contribution in [0.3, 0.4) is 0 Å². The van der Waals surface area contributed by atoms with Gasteiger partial charge in [0.25, 0.3) is 0 Å². The molecule has 3 rings (SSSR count). The van der Waals surface area contributed by atoms with Crippen LogP contribution >= 0.6 is 11.6 Å². The third-order valence-electron chi connectivity index (χ3n) is 5.02. The second-order valence-electron chi connectivity index (χ2n) is 7.31. The molecular weight excluding hydrogens is 410 g/mol. The number of likely N-dealkylation sites (tertiary alicyclic amines) is 1. The molecule has 29 heavy (non-hydrogen) atoms. The van der Waals surface area contributed by atoms with Crippen molar-refractivity contribution in [3.8, 4) is 11.5 Å². The number of piperidine rings is 1. The second-order valence-corrected chi connectivity index (χ2v) is 7.74. The molecule has 1 fully saturated rings. The van der Waals surface area contributed by atoms with E-state index in [0.717, 1.165) is 43.8 Å². The van der Waals surface area contributed by atoms with Crippen LogP contribution in [0, 0.1) is 5.82 Å². The molecule has 1 heterocycles. The molecule has 0 radical (unpaired) electrons. The Labute approximate surface area is 172 Å². The Balaban J connectivity index is 1.50. The van der Waals surface area contributed by atoms with Gasteiger partial charge in [-0.2, -0.15) is 13.2 Å². The van der Waals surface area contributed by atoms with Crippen LogP contribution in [0.25, 0.3) is 0 Å². The van der Waals surface area contributed by atoms with Crippen molar-refractivity contribution in [3.05, 3.63) is 58.9 Å². The zero-order valence-corrected chi connectivity index (χ0v) is 16.7. The van der Waals surface area contributed by atoms with Gasteiger partial charge in [0.05, 0.1) is 0 Å². The van der Waals surface area contributed by atoms with Crippen molar-refractivity contribution in [2.24, 2.45) is 0 Å². The van der Waals surface area contributed by atoms with E-state index in [1.54, 1.807) is 12.1 Å². The predicted molar refractivity (Wildman–Crippen MR) is 103 cm³/mol. The van der Waals surface area contributed by atoms with Gasteiger partial charge >= 0.3 is 6.18 Å². The maximum atomic E-state index is 13.6. The smallest absolute Gasteiger partial charge is 0.422 e. The molecule has 0 amide bonds. The van der Waals surface area contributed by atoms with E-state index in [1.165, 1.54) is 6.07 Å².